The number of ether oxygens (including phenoxy) is 2. The van der Waals surface area contributed by atoms with Gasteiger partial charge in [-0.15, -0.1) is 0 Å². The van der Waals surface area contributed by atoms with Crippen molar-refractivity contribution in [3.63, 3.8) is 0 Å². The Morgan fingerprint density at radius 3 is 2.48 bits per heavy atom. The van der Waals surface area contributed by atoms with Crippen LogP contribution in [0, 0.1) is 6.92 Å². The average molecular weight is 540 g/mol. The van der Waals surface area contributed by atoms with Gasteiger partial charge in [-0.1, -0.05) is 66.7 Å². The third kappa shape index (κ3) is 6.12. The summed E-state index contributed by atoms with van der Waals surface area (Å²) in [6.07, 6.45) is 0. The normalized spacial score (nSPS) is 11.8. The van der Waals surface area contributed by atoms with Crippen molar-refractivity contribution in [3.05, 3.63) is 107 Å². The predicted molar refractivity (Wildman–Crippen MR) is 149 cm³/mol. The Morgan fingerprint density at radius 1 is 0.900 bits per heavy atom. The van der Waals surface area contributed by atoms with E-state index in [9.17, 15) is 15.0 Å². The fourth-order valence-electron chi connectivity index (χ4n) is 4.43. The Morgan fingerprint density at radius 2 is 1.68 bits per heavy atom. The zero-order valence-electron chi connectivity index (χ0n) is 21.9. The first-order chi connectivity index (χ1) is 19.5. The lowest BCUT2D eigenvalue weighted by Crippen LogP contribution is -2.39. The molecule has 0 saturated heterocycles. The van der Waals surface area contributed by atoms with Crippen LogP contribution in [0.5, 0.6) is 11.5 Å². The number of rotatable bonds is 12. The van der Waals surface area contributed by atoms with E-state index in [1.807, 2.05) is 54.6 Å². The van der Waals surface area contributed by atoms with Crippen molar-refractivity contribution in [2.24, 2.45) is 0 Å². The van der Waals surface area contributed by atoms with Crippen LogP contribution in [0.2, 0.25) is 0 Å². The molecule has 1 heterocycles. The first-order valence-electron chi connectivity index (χ1n) is 12.8. The molecule has 0 radical (unpaired) electrons. The number of carboxylic acid groups (broad SMARTS) is 1. The maximum Gasteiger partial charge on any atom is 0.323 e. The van der Waals surface area contributed by atoms with Gasteiger partial charge in [0.05, 0.1) is 6.61 Å². The van der Waals surface area contributed by atoms with Crippen molar-refractivity contribution in [1.82, 2.24) is 15.6 Å². The van der Waals surface area contributed by atoms with Gasteiger partial charge in [0.1, 0.15) is 41.8 Å². The molecule has 3 N–H and O–H groups in total. The second-order valence-corrected chi connectivity index (χ2v) is 9.31. The first-order valence-corrected chi connectivity index (χ1v) is 12.8. The molecule has 1 aromatic heterocycles. The van der Waals surface area contributed by atoms with Gasteiger partial charge in [0.25, 0.3) is 0 Å². The minimum atomic E-state index is -1.14. The zero-order valence-corrected chi connectivity index (χ0v) is 21.9. The van der Waals surface area contributed by atoms with Crippen LogP contribution >= 0.6 is 0 Å². The monoisotopic (exact) mass is 539 g/mol. The van der Waals surface area contributed by atoms with Gasteiger partial charge in [0.15, 0.2) is 0 Å². The van der Waals surface area contributed by atoms with E-state index in [0.717, 1.165) is 27.8 Å². The molecule has 0 aliphatic heterocycles. The first kappa shape index (κ1) is 26.9. The molecule has 4 aromatic carbocycles. The molecule has 0 fully saturated rings. The van der Waals surface area contributed by atoms with E-state index in [0.29, 0.717) is 34.7 Å². The highest BCUT2D eigenvalue weighted by atomic mass is 16.6. The summed E-state index contributed by atoms with van der Waals surface area (Å²) in [5.74, 6) is -0.0277. The summed E-state index contributed by atoms with van der Waals surface area (Å²) >= 11 is 0. The van der Waals surface area contributed by atoms with E-state index < -0.39 is 18.6 Å². The molecule has 204 valence electrons. The van der Waals surface area contributed by atoms with Crippen LogP contribution in [-0.2, 0) is 24.6 Å². The lowest BCUT2D eigenvalue weighted by molar-refractivity contribution is -0.140. The molecule has 0 aliphatic rings. The van der Waals surface area contributed by atoms with Gasteiger partial charge in [0, 0.05) is 23.7 Å². The minimum absolute atomic E-state index is 0.168. The van der Waals surface area contributed by atoms with Gasteiger partial charge in [0.2, 0.25) is 0 Å². The van der Waals surface area contributed by atoms with Crippen LogP contribution in [0.4, 0.5) is 0 Å². The molecule has 9 heteroatoms. The third-order valence-corrected chi connectivity index (χ3v) is 6.74. The number of hydrogen-bond acceptors (Lipinski definition) is 8. The number of carboxylic acids is 1. The molecular formula is C31H29N3O6. The molecule has 9 nitrogen and oxygen atoms in total. The second-order valence-electron chi connectivity index (χ2n) is 9.31. The summed E-state index contributed by atoms with van der Waals surface area (Å²) in [7, 11) is 0. The highest BCUT2D eigenvalue weighted by Gasteiger charge is 2.17. The largest absolute Gasteiger partial charge is 0.489 e. The van der Waals surface area contributed by atoms with Gasteiger partial charge >= 0.3 is 5.97 Å². The van der Waals surface area contributed by atoms with Crippen LogP contribution in [0.25, 0.3) is 22.2 Å². The lowest BCUT2D eigenvalue weighted by atomic mass is 9.97. The summed E-state index contributed by atoms with van der Waals surface area (Å²) in [6, 6.07) is 26.2. The molecule has 0 aliphatic carbocycles. The standard InChI is InChI=1S/C31H29N3O6/c1-20-23(9-5-11-26(20)21-7-3-2-4-8-21)18-38-25-14-13-22(16-32-28(17-35)31(36)37)29(15-25)39-19-24-10-6-12-27-30(24)34-40-33-27/h2-15,28,32,35H,16-19H2,1H3,(H,36,37)/t28-/m1/s1. The highest BCUT2D eigenvalue weighted by molar-refractivity contribution is 5.76. The highest BCUT2D eigenvalue weighted by Crippen LogP contribution is 2.29. The maximum absolute atomic E-state index is 11.4. The Bertz CT molecular complexity index is 1600. The predicted octanol–water partition coefficient (Wildman–Crippen LogP) is 4.89. The van der Waals surface area contributed by atoms with Gasteiger partial charge in [-0.25, -0.2) is 4.63 Å². The van der Waals surface area contributed by atoms with E-state index in [1.54, 1.807) is 12.1 Å². The molecule has 0 spiro atoms. The quantitative estimate of drug-likeness (QED) is 0.203. The van der Waals surface area contributed by atoms with Gasteiger partial charge in [-0.2, -0.15) is 0 Å². The van der Waals surface area contributed by atoms with E-state index in [-0.39, 0.29) is 13.2 Å². The number of nitrogens with one attached hydrogen (secondary N) is 1. The SMILES string of the molecule is Cc1c(COc2ccc(CN[C@H](CO)C(=O)O)c(OCc3cccc4nonc34)c2)cccc1-c1ccccc1. The van der Waals surface area contributed by atoms with Crippen LogP contribution < -0.4 is 14.8 Å². The van der Waals surface area contributed by atoms with E-state index in [1.165, 1.54) is 0 Å². The van der Waals surface area contributed by atoms with Crippen molar-refractivity contribution in [1.29, 1.82) is 0 Å². The smallest absolute Gasteiger partial charge is 0.323 e. The maximum atomic E-state index is 11.4. The van der Waals surface area contributed by atoms with E-state index >= 15 is 0 Å². The molecule has 0 bridgehead atoms. The number of aliphatic hydroxyl groups is 1. The topological polar surface area (TPSA) is 127 Å². The zero-order chi connectivity index (χ0) is 27.9. The van der Waals surface area contributed by atoms with Crippen LogP contribution in [0.1, 0.15) is 22.3 Å². The number of nitrogens with zero attached hydrogens (tertiary/aromatic N) is 2. The molecular weight excluding hydrogens is 510 g/mol. The molecule has 0 unspecified atom stereocenters. The van der Waals surface area contributed by atoms with Gasteiger partial charge < -0.3 is 19.7 Å². The Balaban J connectivity index is 1.36. The van der Waals surface area contributed by atoms with E-state index in [2.05, 4.69) is 40.8 Å². The summed E-state index contributed by atoms with van der Waals surface area (Å²) in [4.78, 5) is 11.4. The Hall–Kier alpha value is -4.73. The number of fused-ring (bicyclic) bond motifs is 1. The molecule has 5 rings (SSSR count). The van der Waals surface area contributed by atoms with Crippen molar-refractivity contribution in [3.8, 4) is 22.6 Å². The lowest BCUT2D eigenvalue weighted by Gasteiger charge is -2.17. The molecule has 0 saturated carbocycles. The number of aromatic nitrogens is 2. The molecule has 0 amide bonds. The van der Waals surface area contributed by atoms with Crippen molar-refractivity contribution < 1.29 is 29.1 Å². The van der Waals surface area contributed by atoms with Gasteiger partial charge in [-0.3, -0.25) is 10.1 Å². The van der Waals surface area contributed by atoms with Crippen LogP contribution in [0.15, 0.2) is 89.6 Å². The fraction of sp³-hybridized carbons (Fsp3) is 0.194. The summed E-state index contributed by atoms with van der Waals surface area (Å²) in [6.45, 7) is 2.27. The molecule has 1 atom stereocenters. The van der Waals surface area contributed by atoms with E-state index in [4.69, 9.17) is 14.1 Å². The fourth-order valence-corrected chi connectivity index (χ4v) is 4.43. The Labute approximate surface area is 231 Å². The number of hydrogen-bond donors (Lipinski definition) is 3. The van der Waals surface area contributed by atoms with Gasteiger partial charge in [-0.05, 0) is 51.6 Å². The minimum Gasteiger partial charge on any atom is -0.489 e. The summed E-state index contributed by atoms with van der Waals surface area (Å²) in [5.41, 5.74) is 7.23. The number of aliphatic hydroxyl groups excluding tert-OH is 1. The second kappa shape index (κ2) is 12.4. The molecule has 40 heavy (non-hydrogen) atoms. The third-order valence-electron chi connectivity index (χ3n) is 6.74. The summed E-state index contributed by atoms with van der Waals surface area (Å²) < 4.78 is 17.2. The van der Waals surface area contributed by atoms with Crippen molar-refractivity contribution >= 4 is 17.0 Å². The number of carbonyl (C=O) groups is 1. The average Bonchev–Trinajstić information content (AvgIpc) is 3.46. The van der Waals surface area contributed by atoms with Crippen molar-refractivity contribution in [2.75, 3.05) is 6.61 Å². The van der Waals surface area contributed by atoms with Crippen LogP contribution in [0.3, 0.4) is 0 Å². The molecule has 5 aromatic rings. The van der Waals surface area contributed by atoms with Crippen molar-refractivity contribution in [2.45, 2.75) is 32.7 Å². The summed E-state index contributed by atoms with van der Waals surface area (Å²) in [5, 5.41) is 29.4. The van der Waals surface area contributed by atoms with Crippen LogP contribution in [-0.4, -0.2) is 39.1 Å². The Kier molecular flexibility index (Phi) is 8.34. The number of benzene rings is 4. The number of aliphatic carboxylic acids is 1.